The first kappa shape index (κ1) is 30.9. The van der Waals surface area contributed by atoms with Gasteiger partial charge in [0.2, 0.25) is 5.91 Å². The van der Waals surface area contributed by atoms with Gasteiger partial charge in [0.25, 0.3) is 5.91 Å². The van der Waals surface area contributed by atoms with Gasteiger partial charge in [-0.3, -0.25) is 9.59 Å². The van der Waals surface area contributed by atoms with Crippen molar-refractivity contribution >= 4 is 57.5 Å². The zero-order chi connectivity index (χ0) is 29.2. The summed E-state index contributed by atoms with van der Waals surface area (Å²) >= 11 is 8.61. The summed E-state index contributed by atoms with van der Waals surface area (Å²) in [6.45, 7) is 4.82. The maximum atomic E-state index is 13.0. The third kappa shape index (κ3) is 8.46. The summed E-state index contributed by atoms with van der Waals surface area (Å²) in [5.41, 5.74) is 1.50. The lowest BCUT2D eigenvalue weighted by Gasteiger charge is -2.12. The fraction of sp³-hybridized carbons (Fsp3) is 0.464. The Hall–Kier alpha value is -3.09. The molecule has 0 bridgehead atoms. The Kier molecular flexibility index (Phi) is 11.5. The van der Waals surface area contributed by atoms with Crippen molar-refractivity contribution in [2.75, 3.05) is 24.3 Å². The van der Waals surface area contributed by atoms with Crippen LogP contribution in [-0.4, -0.2) is 51.5 Å². The van der Waals surface area contributed by atoms with Gasteiger partial charge in [-0.1, -0.05) is 36.7 Å². The first-order chi connectivity index (χ1) is 19.9. The van der Waals surface area contributed by atoms with Gasteiger partial charge < -0.3 is 24.7 Å². The van der Waals surface area contributed by atoms with Gasteiger partial charge in [0, 0.05) is 16.4 Å². The zero-order valence-electron chi connectivity index (χ0n) is 23.2. The molecule has 10 nitrogen and oxygen atoms in total. The Morgan fingerprint density at radius 1 is 1.10 bits per heavy atom. The summed E-state index contributed by atoms with van der Waals surface area (Å²) in [5.74, 6) is 0.310. The number of hydrogen-bond donors (Lipinski definition) is 2. The summed E-state index contributed by atoms with van der Waals surface area (Å²) < 4.78 is 12.7. The molecule has 1 aromatic carbocycles. The molecule has 0 fully saturated rings. The molecule has 0 unspecified atom stereocenters. The molecule has 41 heavy (non-hydrogen) atoms. The molecule has 1 aliphatic carbocycles. The number of benzene rings is 1. The van der Waals surface area contributed by atoms with E-state index in [2.05, 4.69) is 27.8 Å². The molecule has 0 saturated heterocycles. The smallest absolute Gasteiger partial charge is 0.341 e. The molecule has 0 atom stereocenters. The summed E-state index contributed by atoms with van der Waals surface area (Å²) in [4.78, 5) is 39.2. The number of carbonyl (C=O) groups is 3. The highest BCUT2D eigenvalue weighted by atomic mass is 35.5. The molecular formula is C28H34ClN5O5S2. The number of anilines is 1. The fourth-order valence-electron chi connectivity index (χ4n) is 4.37. The van der Waals surface area contributed by atoms with Gasteiger partial charge in [0.05, 0.1) is 24.5 Å². The number of hydrogen-bond acceptors (Lipinski definition) is 9. The Morgan fingerprint density at radius 2 is 1.88 bits per heavy atom. The first-order valence-corrected chi connectivity index (χ1v) is 15.9. The normalized spacial score (nSPS) is 12.5. The molecule has 0 radical (unpaired) electrons. The molecular weight excluding hydrogens is 586 g/mol. The number of ether oxygens (including phenoxy) is 2. The molecule has 220 valence electrons. The molecule has 2 heterocycles. The van der Waals surface area contributed by atoms with Crippen LogP contribution in [-0.2, 0) is 40.3 Å². The lowest BCUT2D eigenvalue weighted by atomic mass is 9.95. The van der Waals surface area contributed by atoms with Crippen LogP contribution in [0.2, 0.25) is 5.02 Å². The minimum atomic E-state index is -0.389. The Balaban J connectivity index is 1.35. The van der Waals surface area contributed by atoms with Crippen LogP contribution in [0.5, 0.6) is 5.75 Å². The number of thiophene rings is 1. The minimum absolute atomic E-state index is 0.0936. The third-order valence-corrected chi connectivity index (χ3v) is 8.82. The molecule has 2 aromatic heterocycles. The third-order valence-electron chi connectivity index (χ3n) is 6.39. The van der Waals surface area contributed by atoms with Gasteiger partial charge in [0.1, 0.15) is 10.8 Å². The number of nitrogens with one attached hydrogen (secondary N) is 2. The van der Waals surface area contributed by atoms with Gasteiger partial charge in [-0.2, -0.15) is 0 Å². The molecule has 1 aliphatic rings. The van der Waals surface area contributed by atoms with Crippen molar-refractivity contribution in [2.24, 2.45) is 0 Å². The van der Waals surface area contributed by atoms with Gasteiger partial charge in [-0.05, 0) is 68.9 Å². The number of aromatic nitrogens is 3. The van der Waals surface area contributed by atoms with Crippen molar-refractivity contribution in [1.29, 1.82) is 0 Å². The number of aryl methyl sites for hydroxylation is 1. The molecule has 13 heteroatoms. The predicted molar refractivity (Wildman–Crippen MR) is 160 cm³/mol. The van der Waals surface area contributed by atoms with Gasteiger partial charge in [0.15, 0.2) is 17.6 Å². The summed E-state index contributed by atoms with van der Waals surface area (Å²) in [5, 5.41) is 16.0. The largest absolute Gasteiger partial charge is 0.484 e. The Labute approximate surface area is 252 Å². The first-order valence-electron chi connectivity index (χ1n) is 13.7. The lowest BCUT2D eigenvalue weighted by Crippen LogP contribution is -2.29. The zero-order valence-corrected chi connectivity index (χ0v) is 25.6. The Bertz CT molecular complexity index is 1360. The average molecular weight is 620 g/mol. The lowest BCUT2D eigenvalue weighted by molar-refractivity contribution is -0.123. The quantitative estimate of drug-likeness (QED) is 0.185. The SMILES string of the molecule is CCCCn1c(CNC(=O)COc2ccc(Cl)cc2)nnc1SCC(=O)Nc1sc2c(c1C(=O)OCC)CCCC2. The summed E-state index contributed by atoms with van der Waals surface area (Å²) in [7, 11) is 0. The Morgan fingerprint density at radius 3 is 2.63 bits per heavy atom. The van der Waals surface area contributed by atoms with E-state index in [1.54, 1.807) is 31.2 Å². The molecule has 4 rings (SSSR count). The van der Waals surface area contributed by atoms with E-state index in [4.69, 9.17) is 21.1 Å². The number of fused-ring (bicyclic) bond motifs is 1. The van der Waals surface area contributed by atoms with Crippen LogP contribution < -0.4 is 15.4 Å². The monoisotopic (exact) mass is 619 g/mol. The van der Waals surface area contributed by atoms with Crippen LogP contribution in [0.25, 0.3) is 0 Å². The highest BCUT2D eigenvalue weighted by molar-refractivity contribution is 7.99. The van der Waals surface area contributed by atoms with Crippen LogP contribution >= 0.6 is 34.7 Å². The standard InChI is InChI=1S/C28H34ClN5O5S2/c1-3-5-14-34-22(15-30-23(35)16-39-19-12-10-18(29)11-13-19)32-33-28(34)40-17-24(36)31-26-25(27(37)38-4-2)20-8-6-7-9-21(20)41-26/h10-13H,3-9,14-17H2,1-2H3,(H,30,35)(H,31,36). The van der Waals surface area contributed by atoms with E-state index in [-0.39, 0.29) is 43.3 Å². The number of amides is 2. The number of nitrogens with zero attached hydrogens (tertiary/aromatic N) is 3. The topological polar surface area (TPSA) is 124 Å². The van der Waals surface area contributed by atoms with Gasteiger partial charge in [-0.25, -0.2) is 4.79 Å². The van der Waals surface area contributed by atoms with E-state index in [1.807, 2.05) is 4.57 Å². The number of carbonyl (C=O) groups excluding carboxylic acids is 3. The molecule has 2 amide bonds. The van der Waals surface area contributed by atoms with E-state index in [1.165, 1.54) is 23.1 Å². The molecule has 2 N–H and O–H groups in total. The highest BCUT2D eigenvalue weighted by Crippen LogP contribution is 2.38. The van der Waals surface area contributed by atoms with Gasteiger partial charge >= 0.3 is 5.97 Å². The molecule has 0 spiro atoms. The van der Waals surface area contributed by atoms with E-state index in [0.717, 1.165) is 49.0 Å². The van der Waals surface area contributed by atoms with E-state index in [9.17, 15) is 14.4 Å². The van der Waals surface area contributed by atoms with Crippen LogP contribution in [0.4, 0.5) is 5.00 Å². The van der Waals surface area contributed by atoms with Crippen LogP contribution in [0, 0.1) is 0 Å². The maximum absolute atomic E-state index is 13.0. The second-order valence-electron chi connectivity index (χ2n) is 9.40. The second-order valence-corrected chi connectivity index (χ2v) is 11.9. The van der Waals surface area contributed by atoms with E-state index in [0.29, 0.717) is 38.9 Å². The van der Waals surface area contributed by atoms with Crippen molar-refractivity contribution in [3.05, 3.63) is 51.1 Å². The number of halogens is 1. The maximum Gasteiger partial charge on any atom is 0.341 e. The van der Waals surface area contributed by atoms with Crippen molar-refractivity contribution < 1.29 is 23.9 Å². The molecule has 0 saturated carbocycles. The van der Waals surface area contributed by atoms with Crippen LogP contribution in [0.15, 0.2) is 29.4 Å². The van der Waals surface area contributed by atoms with E-state index < -0.39 is 0 Å². The van der Waals surface area contributed by atoms with Crippen molar-refractivity contribution in [1.82, 2.24) is 20.1 Å². The number of thioether (sulfide) groups is 1. The summed E-state index contributed by atoms with van der Waals surface area (Å²) in [6.07, 6.45) is 5.67. The number of esters is 1. The highest BCUT2D eigenvalue weighted by Gasteiger charge is 2.27. The molecule has 0 aliphatic heterocycles. The van der Waals surface area contributed by atoms with Crippen molar-refractivity contribution in [2.45, 2.75) is 70.6 Å². The predicted octanol–water partition coefficient (Wildman–Crippen LogP) is 5.27. The van der Waals surface area contributed by atoms with Crippen molar-refractivity contribution in [3.8, 4) is 5.75 Å². The van der Waals surface area contributed by atoms with Crippen molar-refractivity contribution in [3.63, 3.8) is 0 Å². The fourth-order valence-corrected chi connectivity index (χ4v) is 6.57. The van der Waals surface area contributed by atoms with Crippen LogP contribution in [0.3, 0.4) is 0 Å². The number of rotatable bonds is 14. The van der Waals surface area contributed by atoms with Gasteiger partial charge in [-0.15, -0.1) is 21.5 Å². The average Bonchev–Trinajstić information content (AvgIpc) is 3.53. The molecule has 3 aromatic rings. The van der Waals surface area contributed by atoms with E-state index >= 15 is 0 Å². The summed E-state index contributed by atoms with van der Waals surface area (Å²) in [6, 6.07) is 6.77. The second kappa shape index (κ2) is 15.2. The minimum Gasteiger partial charge on any atom is -0.484 e. The number of unbranched alkanes of at least 4 members (excludes halogenated alkanes) is 1. The van der Waals surface area contributed by atoms with Crippen LogP contribution in [0.1, 0.15) is 66.2 Å².